The molecule has 2 rings (SSSR count). The Morgan fingerprint density at radius 2 is 2.00 bits per heavy atom. The molecular weight excluding hydrogens is 223 g/mol. The van der Waals surface area contributed by atoms with E-state index in [9.17, 15) is 4.39 Å². The Bertz CT molecular complexity index is 476. The van der Waals surface area contributed by atoms with Gasteiger partial charge in [-0.25, -0.2) is 9.37 Å². The molecular formula is C12H13FN2S. The standard InChI is InChI=1S/C12H13FN2S/c1-8-11(7-14-2)15-12(16-8)9-3-5-10(13)6-4-9/h3-6,14H,7H2,1-2H3. The van der Waals surface area contributed by atoms with Gasteiger partial charge in [-0.3, -0.25) is 0 Å². The molecule has 0 atom stereocenters. The fourth-order valence-corrected chi connectivity index (χ4v) is 2.41. The fraction of sp³-hybridized carbons (Fsp3) is 0.250. The Balaban J connectivity index is 2.33. The van der Waals surface area contributed by atoms with Crippen molar-refractivity contribution in [2.45, 2.75) is 13.5 Å². The number of aryl methyl sites for hydroxylation is 1. The highest BCUT2D eigenvalue weighted by molar-refractivity contribution is 7.15. The van der Waals surface area contributed by atoms with E-state index in [-0.39, 0.29) is 5.82 Å². The number of nitrogens with zero attached hydrogens (tertiary/aromatic N) is 1. The van der Waals surface area contributed by atoms with Gasteiger partial charge >= 0.3 is 0 Å². The van der Waals surface area contributed by atoms with E-state index in [0.717, 1.165) is 22.8 Å². The maximum Gasteiger partial charge on any atom is 0.123 e. The number of nitrogens with one attached hydrogen (secondary N) is 1. The lowest BCUT2D eigenvalue weighted by Crippen LogP contribution is -2.06. The van der Waals surface area contributed by atoms with Gasteiger partial charge in [0.05, 0.1) is 5.69 Å². The molecule has 4 heteroatoms. The first-order valence-corrected chi connectivity index (χ1v) is 5.89. The fourth-order valence-electron chi connectivity index (χ4n) is 1.48. The SMILES string of the molecule is CNCc1nc(-c2ccc(F)cc2)sc1C. The average Bonchev–Trinajstić information content (AvgIpc) is 2.62. The largest absolute Gasteiger partial charge is 0.314 e. The monoisotopic (exact) mass is 236 g/mol. The molecule has 1 aromatic carbocycles. The number of aromatic nitrogens is 1. The van der Waals surface area contributed by atoms with E-state index in [0.29, 0.717) is 0 Å². The van der Waals surface area contributed by atoms with Crippen molar-refractivity contribution in [1.29, 1.82) is 0 Å². The lowest BCUT2D eigenvalue weighted by atomic mass is 10.2. The van der Waals surface area contributed by atoms with Crippen LogP contribution in [0.5, 0.6) is 0 Å². The number of benzene rings is 1. The van der Waals surface area contributed by atoms with Crippen LogP contribution < -0.4 is 5.32 Å². The number of rotatable bonds is 3. The predicted octanol–water partition coefficient (Wildman–Crippen LogP) is 2.98. The molecule has 1 aromatic heterocycles. The maximum absolute atomic E-state index is 12.8. The highest BCUT2D eigenvalue weighted by Gasteiger charge is 2.08. The van der Waals surface area contributed by atoms with Crippen molar-refractivity contribution in [2.24, 2.45) is 0 Å². The summed E-state index contributed by atoms with van der Waals surface area (Å²) in [6.07, 6.45) is 0. The number of thiazole rings is 1. The third-order valence-electron chi connectivity index (χ3n) is 2.33. The van der Waals surface area contributed by atoms with E-state index in [1.807, 2.05) is 7.05 Å². The summed E-state index contributed by atoms with van der Waals surface area (Å²) >= 11 is 1.64. The third kappa shape index (κ3) is 2.28. The van der Waals surface area contributed by atoms with Crippen molar-refractivity contribution in [1.82, 2.24) is 10.3 Å². The van der Waals surface area contributed by atoms with Gasteiger partial charge in [0.1, 0.15) is 10.8 Å². The second-order valence-corrected chi connectivity index (χ2v) is 4.76. The van der Waals surface area contributed by atoms with Gasteiger partial charge < -0.3 is 5.32 Å². The van der Waals surface area contributed by atoms with Crippen LogP contribution in [0.2, 0.25) is 0 Å². The van der Waals surface area contributed by atoms with Crippen molar-refractivity contribution in [3.63, 3.8) is 0 Å². The zero-order valence-electron chi connectivity index (χ0n) is 9.25. The first-order chi connectivity index (χ1) is 7.70. The molecule has 0 saturated heterocycles. The van der Waals surface area contributed by atoms with Crippen LogP contribution in [0.15, 0.2) is 24.3 Å². The summed E-state index contributed by atoms with van der Waals surface area (Å²) in [5, 5.41) is 4.03. The highest BCUT2D eigenvalue weighted by Crippen LogP contribution is 2.27. The molecule has 0 radical (unpaired) electrons. The first-order valence-electron chi connectivity index (χ1n) is 5.07. The summed E-state index contributed by atoms with van der Waals surface area (Å²) in [5.41, 5.74) is 2.03. The number of hydrogen-bond donors (Lipinski definition) is 1. The van der Waals surface area contributed by atoms with Gasteiger partial charge in [0.25, 0.3) is 0 Å². The van der Waals surface area contributed by atoms with Gasteiger partial charge in [-0.15, -0.1) is 11.3 Å². The lowest BCUT2D eigenvalue weighted by molar-refractivity contribution is 0.628. The molecule has 0 bridgehead atoms. The molecule has 16 heavy (non-hydrogen) atoms. The normalized spacial score (nSPS) is 10.7. The quantitative estimate of drug-likeness (QED) is 0.886. The number of hydrogen-bond acceptors (Lipinski definition) is 3. The highest BCUT2D eigenvalue weighted by atomic mass is 32.1. The summed E-state index contributed by atoms with van der Waals surface area (Å²) in [5.74, 6) is -0.215. The van der Waals surface area contributed by atoms with E-state index in [1.165, 1.54) is 17.0 Å². The minimum absolute atomic E-state index is 0.215. The van der Waals surface area contributed by atoms with Crippen LogP contribution in [0, 0.1) is 12.7 Å². The van der Waals surface area contributed by atoms with Gasteiger partial charge in [0.15, 0.2) is 0 Å². The van der Waals surface area contributed by atoms with Gasteiger partial charge in [0, 0.05) is 17.0 Å². The van der Waals surface area contributed by atoms with Crippen LogP contribution >= 0.6 is 11.3 Å². The topological polar surface area (TPSA) is 24.9 Å². The Morgan fingerprint density at radius 3 is 2.62 bits per heavy atom. The van der Waals surface area contributed by atoms with Crippen LogP contribution in [0.25, 0.3) is 10.6 Å². The van der Waals surface area contributed by atoms with Crippen molar-refractivity contribution < 1.29 is 4.39 Å². The second-order valence-electron chi connectivity index (χ2n) is 3.56. The molecule has 0 aliphatic rings. The molecule has 0 amide bonds. The average molecular weight is 236 g/mol. The van der Waals surface area contributed by atoms with Crippen molar-refractivity contribution in [3.05, 3.63) is 40.7 Å². The van der Waals surface area contributed by atoms with Crippen LogP contribution in [-0.2, 0) is 6.54 Å². The van der Waals surface area contributed by atoms with E-state index in [1.54, 1.807) is 23.5 Å². The van der Waals surface area contributed by atoms with E-state index in [2.05, 4.69) is 17.2 Å². The van der Waals surface area contributed by atoms with Gasteiger partial charge in [-0.1, -0.05) is 0 Å². The van der Waals surface area contributed by atoms with Gasteiger partial charge in [-0.05, 0) is 38.2 Å². The van der Waals surface area contributed by atoms with Crippen LogP contribution in [-0.4, -0.2) is 12.0 Å². The smallest absolute Gasteiger partial charge is 0.123 e. The second kappa shape index (κ2) is 4.72. The molecule has 0 spiro atoms. The third-order valence-corrected chi connectivity index (χ3v) is 3.39. The molecule has 0 aliphatic heterocycles. The zero-order valence-corrected chi connectivity index (χ0v) is 10.1. The van der Waals surface area contributed by atoms with Crippen molar-refractivity contribution >= 4 is 11.3 Å². The lowest BCUT2D eigenvalue weighted by Gasteiger charge is -1.95. The van der Waals surface area contributed by atoms with Crippen molar-refractivity contribution in [2.75, 3.05) is 7.05 Å². The minimum Gasteiger partial charge on any atom is -0.314 e. The first kappa shape index (κ1) is 11.2. The molecule has 1 heterocycles. The van der Waals surface area contributed by atoms with E-state index < -0.39 is 0 Å². The zero-order chi connectivity index (χ0) is 11.5. The molecule has 84 valence electrons. The Kier molecular flexibility index (Phi) is 3.31. The summed E-state index contributed by atoms with van der Waals surface area (Å²) in [6.45, 7) is 2.82. The van der Waals surface area contributed by atoms with Crippen molar-refractivity contribution in [3.8, 4) is 10.6 Å². The molecule has 0 fully saturated rings. The minimum atomic E-state index is -0.215. The van der Waals surface area contributed by atoms with Gasteiger partial charge in [0.2, 0.25) is 0 Å². The maximum atomic E-state index is 12.8. The molecule has 1 N–H and O–H groups in total. The number of halogens is 1. The van der Waals surface area contributed by atoms with Crippen LogP contribution in [0.3, 0.4) is 0 Å². The van der Waals surface area contributed by atoms with E-state index >= 15 is 0 Å². The summed E-state index contributed by atoms with van der Waals surface area (Å²) in [7, 11) is 1.90. The van der Waals surface area contributed by atoms with Crippen LogP contribution in [0.1, 0.15) is 10.6 Å². The molecule has 0 unspecified atom stereocenters. The predicted molar refractivity (Wildman–Crippen MR) is 65.0 cm³/mol. The summed E-state index contributed by atoms with van der Waals surface area (Å²) in [6, 6.07) is 6.45. The van der Waals surface area contributed by atoms with Crippen LogP contribution in [0.4, 0.5) is 4.39 Å². The molecule has 2 nitrogen and oxygen atoms in total. The van der Waals surface area contributed by atoms with E-state index in [4.69, 9.17) is 0 Å². The Labute approximate surface area is 98.2 Å². The molecule has 0 aliphatic carbocycles. The Hall–Kier alpha value is -1.26. The summed E-state index contributed by atoms with van der Waals surface area (Å²) < 4.78 is 12.8. The summed E-state index contributed by atoms with van der Waals surface area (Å²) in [4.78, 5) is 5.74. The molecule has 2 aromatic rings. The molecule has 0 saturated carbocycles. The Morgan fingerprint density at radius 1 is 1.31 bits per heavy atom. The van der Waals surface area contributed by atoms with Gasteiger partial charge in [-0.2, -0.15) is 0 Å².